The number of piperazine rings is 1. The molecule has 37 heavy (non-hydrogen) atoms. The Hall–Kier alpha value is -4.35. The molecular formula is C28H27ClN6O2. The normalized spacial score (nSPS) is 13.6. The highest BCUT2D eigenvalue weighted by Crippen LogP contribution is 2.22. The molecule has 1 fully saturated rings. The van der Waals surface area contributed by atoms with E-state index in [4.69, 9.17) is 18.0 Å². The van der Waals surface area contributed by atoms with Gasteiger partial charge >= 0.3 is 0 Å². The quantitative estimate of drug-likeness (QED) is 0.366. The summed E-state index contributed by atoms with van der Waals surface area (Å²) in [6.45, 7) is 4.34. The molecule has 3 aromatic rings. The number of anilines is 2. The first-order chi connectivity index (χ1) is 18.0. The van der Waals surface area contributed by atoms with E-state index in [1.165, 1.54) is 0 Å². The highest BCUT2D eigenvalue weighted by atomic mass is 35.5. The molecule has 4 rings (SSSR count). The Morgan fingerprint density at radius 2 is 1.70 bits per heavy atom. The number of aromatic nitrogens is 2. The zero-order valence-corrected chi connectivity index (χ0v) is 21.2. The SMILES string of the molecule is C#C/C(=C\NCC)C(=O)N1CCN(C(=O)c2ccc(Nc3nccc(-c4ccc(Cl)cc4)n3)cc2)CC1. The van der Waals surface area contributed by atoms with E-state index in [0.29, 0.717) is 49.3 Å². The van der Waals surface area contributed by atoms with E-state index in [-0.39, 0.29) is 17.4 Å². The second kappa shape index (κ2) is 12.1. The number of nitrogens with zero attached hydrogens (tertiary/aromatic N) is 4. The van der Waals surface area contributed by atoms with Gasteiger partial charge in [0.05, 0.1) is 5.69 Å². The van der Waals surface area contributed by atoms with Crippen molar-refractivity contribution in [1.29, 1.82) is 0 Å². The van der Waals surface area contributed by atoms with Crippen LogP contribution < -0.4 is 10.6 Å². The number of carbonyl (C=O) groups excluding carboxylic acids is 2. The summed E-state index contributed by atoms with van der Waals surface area (Å²) >= 11 is 5.97. The van der Waals surface area contributed by atoms with Crippen molar-refractivity contribution in [3.05, 3.63) is 83.2 Å². The van der Waals surface area contributed by atoms with E-state index in [2.05, 4.69) is 26.5 Å². The maximum absolute atomic E-state index is 13.0. The molecule has 1 aliphatic rings. The minimum absolute atomic E-state index is 0.0833. The van der Waals surface area contributed by atoms with Crippen LogP contribution in [0, 0.1) is 12.3 Å². The third kappa shape index (κ3) is 6.46. The van der Waals surface area contributed by atoms with Gasteiger partial charge in [-0.05, 0) is 49.4 Å². The largest absolute Gasteiger partial charge is 0.390 e. The molecule has 1 aliphatic heterocycles. The van der Waals surface area contributed by atoms with E-state index < -0.39 is 0 Å². The van der Waals surface area contributed by atoms with Crippen LogP contribution in [0.5, 0.6) is 0 Å². The summed E-state index contributed by atoms with van der Waals surface area (Å²) in [6.07, 6.45) is 8.73. The molecule has 9 heteroatoms. The lowest BCUT2D eigenvalue weighted by molar-refractivity contribution is -0.128. The van der Waals surface area contributed by atoms with Crippen LogP contribution in [-0.4, -0.2) is 64.3 Å². The van der Waals surface area contributed by atoms with Gasteiger partial charge in [0.1, 0.15) is 5.57 Å². The number of carbonyl (C=O) groups is 2. The molecule has 1 saturated heterocycles. The third-order valence-corrected chi connectivity index (χ3v) is 6.13. The highest BCUT2D eigenvalue weighted by molar-refractivity contribution is 6.30. The monoisotopic (exact) mass is 514 g/mol. The average molecular weight is 515 g/mol. The Morgan fingerprint density at radius 1 is 1.03 bits per heavy atom. The fourth-order valence-electron chi connectivity index (χ4n) is 3.86. The molecule has 0 radical (unpaired) electrons. The van der Waals surface area contributed by atoms with Crippen LogP contribution in [0.2, 0.25) is 5.02 Å². The summed E-state index contributed by atoms with van der Waals surface area (Å²) in [6, 6.07) is 16.4. The number of terminal acetylenes is 1. The minimum atomic E-state index is -0.201. The fraction of sp³-hybridized carbons (Fsp3) is 0.214. The molecule has 2 aromatic carbocycles. The summed E-state index contributed by atoms with van der Waals surface area (Å²) in [7, 11) is 0. The van der Waals surface area contributed by atoms with Gasteiger partial charge in [0.2, 0.25) is 5.95 Å². The lowest BCUT2D eigenvalue weighted by atomic mass is 10.1. The first-order valence-corrected chi connectivity index (χ1v) is 12.3. The molecule has 1 aromatic heterocycles. The average Bonchev–Trinajstić information content (AvgIpc) is 2.94. The van der Waals surface area contributed by atoms with Gasteiger partial charge in [0.15, 0.2) is 0 Å². The number of hydrogen-bond donors (Lipinski definition) is 2. The molecule has 0 aliphatic carbocycles. The van der Waals surface area contributed by atoms with Crippen molar-refractivity contribution in [3.8, 4) is 23.6 Å². The zero-order valence-electron chi connectivity index (χ0n) is 20.4. The summed E-state index contributed by atoms with van der Waals surface area (Å²) in [4.78, 5) is 37.9. The number of rotatable bonds is 7. The van der Waals surface area contributed by atoms with Gasteiger partial charge in [-0.3, -0.25) is 9.59 Å². The Morgan fingerprint density at radius 3 is 2.35 bits per heavy atom. The third-order valence-electron chi connectivity index (χ3n) is 5.87. The Balaban J connectivity index is 1.35. The first-order valence-electron chi connectivity index (χ1n) is 11.9. The van der Waals surface area contributed by atoms with Crippen molar-refractivity contribution in [1.82, 2.24) is 25.1 Å². The van der Waals surface area contributed by atoms with Crippen molar-refractivity contribution in [3.63, 3.8) is 0 Å². The maximum Gasteiger partial charge on any atom is 0.263 e. The maximum atomic E-state index is 13.0. The minimum Gasteiger partial charge on any atom is -0.390 e. The van der Waals surface area contributed by atoms with Crippen molar-refractivity contribution in [2.45, 2.75) is 6.92 Å². The molecule has 188 valence electrons. The van der Waals surface area contributed by atoms with Crippen LogP contribution in [0.25, 0.3) is 11.3 Å². The Labute approximate surface area is 221 Å². The number of hydrogen-bond acceptors (Lipinski definition) is 6. The topological polar surface area (TPSA) is 90.5 Å². The molecule has 0 saturated carbocycles. The second-order valence-electron chi connectivity index (χ2n) is 8.32. The molecule has 0 bridgehead atoms. The van der Waals surface area contributed by atoms with Crippen molar-refractivity contribution in [2.75, 3.05) is 38.0 Å². The predicted molar refractivity (Wildman–Crippen MR) is 145 cm³/mol. The molecule has 0 atom stereocenters. The molecule has 2 heterocycles. The number of benzene rings is 2. The van der Waals surface area contributed by atoms with Gasteiger partial charge < -0.3 is 20.4 Å². The number of nitrogens with one attached hydrogen (secondary N) is 2. The van der Waals surface area contributed by atoms with E-state index in [9.17, 15) is 9.59 Å². The Kier molecular flexibility index (Phi) is 8.39. The summed E-state index contributed by atoms with van der Waals surface area (Å²) in [5.74, 6) is 2.60. The summed E-state index contributed by atoms with van der Waals surface area (Å²) in [5, 5.41) is 6.80. The highest BCUT2D eigenvalue weighted by Gasteiger charge is 2.26. The number of halogens is 1. The van der Waals surface area contributed by atoms with Gasteiger partial charge in [-0.1, -0.05) is 29.7 Å². The van der Waals surface area contributed by atoms with E-state index in [0.717, 1.165) is 16.9 Å². The van der Waals surface area contributed by atoms with Crippen LogP contribution in [0.1, 0.15) is 17.3 Å². The molecule has 8 nitrogen and oxygen atoms in total. The zero-order chi connectivity index (χ0) is 26.2. The van der Waals surface area contributed by atoms with E-state index >= 15 is 0 Å². The van der Waals surface area contributed by atoms with Crippen molar-refractivity contribution >= 4 is 35.1 Å². The van der Waals surface area contributed by atoms with Gasteiger partial charge in [-0.15, -0.1) is 6.42 Å². The first kappa shape index (κ1) is 25.7. The molecule has 0 unspecified atom stereocenters. The lowest BCUT2D eigenvalue weighted by Gasteiger charge is -2.34. The predicted octanol–water partition coefficient (Wildman–Crippen LogP) is 3.95. The van der Waals surface area contributed by atoms with Gasteiger partial charge in [-0.2, -0.15) is 0 Å². The van der Waals surface area contributed by atoms with Crippen LogP contribution in [0.4, 0.5) is 11.6 Å². The van der Waals surface area contributed by atoms with E-state index in [1.807, 2.05) is 49.4 Å². The van der Waals surface area contributed by atoms with Crippen LogP contribution in [0.15, 0.2) is 72.6 Å². The van der Waals surface area contributed by atoms with Crippen LogP contribution >= 0.6 is 11.6 Å². The van der Waals surface area contributed by atoms with Gasteiger partial charge in [0, 0.05) is 67.0 Å². The lowest BCUT2D eigenvalue weighted by Crippen LogP contribution is -2.51. The molecule has 2 amide bonds. The van der Waals surface area contributed by atoms with Crippen molar-refractivity contribution in [2.24, 2.45) is 0 Å². The molecule has 2 N–H and O–H groups in total. The van der Waals surface area contributed by atoms with Gasteiger partial charge in [0.25, 0.3) is 11.8 Å². The molecule has 0 spiro atoms. The molecular weight excluding hydrogens is 488 g/mol. The van der Waals surface area contributed by atoms with E-state index in [1.54, 1.807) is 34.3 Å². The summed E-state index contributed by atoms with van der Waals surface area (Å²) in [5.41, 5.74) is 3.31. The van der Waals surface area contributed by atoms with Crippen LogP contribution in [-0.2, 0) is 4.79 Å². The van der Waals surface area contributed by atoms with Crippen LogP contribution in [0.3, 0.4) is 0 Å². The smallest absolute Gasteiger partial charge is 0.263 e. The second-order valence-corrected chi connectivity index (χ2v) is 8.76. The fourth-order valence-corrected chi connectivity index (χ4v) is 3.99. The Bertz CT molecular complexity index is 1320. The van der Waals surface area contributed by atoms with Crippen molar-refractivity contribution < 1.29 is 9.59 Å². The number of amides is 2. The standard InChI is InChI=1S/C28H27ClN6O2/c1-3-20(19-30-4-2)26(36)34-15-17-35(18-16-34)27(37)22-7-11-24(12-8-22)32-28-31-14-13-25(33-28)21-5-9-23(29)10-6-21/h1,5-14,19,30H,4,15-18H2,2H3,(H,31,32,33)/b20-19+. The summed E-state index contributed by atoms with van der Waals surface area (Å²) < 4.78 is 0. The van der Waals surface area contributed by atoms with Gasteiger partial charge in [-0.25, -0.2) is 9.97 Å².